The van der Waals surface area contributed by atoms with E-state index in [0.29, 0.717) is 11.7 Å². The first-order valence-corrected chi connectivity index (χ1v) is 12.4. The largest absolute Gasteiger partial charge is 0.474 e. The molecule has 0 radical (unpaired) electrons. The van der Waals surface area contributed by atoms with Crippen molar-refractivity contribution >= 4 is 16.7 Å². The van der Waals surface area contributed by atoms with Crippen LogP contribution in [-0.4, -0.2) is 70.1 Å². The smallest absolute Gasteiger partial charge is 0.216 e. The van der Waals surface area contributed by atoms with Crippen LogP contribution in [0.1, 0.15) is 44.5 Å². The van der Waals surface area contributed by atoms with Gasteiger partial charge in [0.15, 0.2) is 0 Å². The third-order valence-corrected chi connectivity index (χ3v) is 6.49. The molecule has 0 aromatic carbocycles. The van der Waals surface area contributed by atoms with Gasteiger partial charge in [-0.05, 0) is 39.5 Å². The van der Waals surface area contributed by atoms with Crippen LogP contribution in [0.25, 0.3) is 22.2 Å². The van der Waals surface area contributed by atoms with Crippen LogP contribution in [-0.2, 0) is 6.54 Å². The summed E-state index contributed by atoms with van der Waals surface area (Å²) in [6, 6.07) is 4.10. The van der Waals surface area contributed by atoms with Gasteiger partial charge in [0, 0.05) is 48.2 Å². The lowest BCUT2D eigenvalue weighted by Crippen LogP contribution is -2.26. The number of aliphatic hydroxyl groups is 2. The van der Waals surface area contributed by atoms with Crippen LogP contribution in [0.15, 0.2) is 36.9 Å². The lowest BCUT2D eigenvalue weighted by molar-refractivity contribution is 0.0783. The van der Waals surface area contributed by atoms with Gasteiger partial charge in [-0.15, -0.1) is 0 Å². The number of aromatic nitrogens is 7. The van der Waals surface area contributed by atoms with Gasteiger partial charge in [0.25, 0.3) is 0 Å². The Kier molecular flexibility index (Phi) is 7.10. The maximum absolute atomic E-state index is 9.78. The Morgan fingerprint density at radius 2 is 2.03 bits per heavy atom. The normalized spacial score (nSPS) is 18.9. The summed E-state index contributed by atoms with van der Waals surface area (Å²) < 4.78 is 9.87. The number of pyridine rings is 1. The summed E-state index contributed by atoms with van der Waals surface area (Å²) in [7, 11) is 0. The molecule has 0 unspecified atom stereocenters. The van der Waals surface area contributed by atoms with Gasteiger partial charge >= 0.3 is 0 Å². The third-order valence-electron chi connectivity index (χ3n) is 6.49. The molecule has 1 saturated carbocycles. The molecule has 1 aliphatic rings. The van der Waals surface area contributed by atoms with Crippen molar-refractivity contribution in [3.63, 3.8) is 0 Å². The summed E-state index contributed by atoms with van der Waals surface area (Å²) in [4.78, 5) is 13.1. The molecular weight excluding hydrogens is 460 g/mol. The first kappa shape index (κ1) is 24.1. The fourth-order valence-electron chi connectivity index (χ4n) is 4.74. The summed E-state index contributed by atoms with van der Waals surface area (Å²) in [5.41, 5.74) is 2.67. The minimum Gasteiger partial charge on any atom is -0.474 e. The standard InChI is InChI=1S/C25H32N8O3/c1-3-26-23-10-22-21(12-28-23)25(17-11-29-32(13-17)14-19(35)15-34)31-33(22)18-4-6-20(7-5-18)36-24-8-9-27-16(2)30-24/h8-13,18-20,34-35H,3-7,14-15H2,1-2H3,(H,26,28)/t18?,19-,20?/m1/s1. The van der Waals surface area contributed by atoms with Crippen LogP contribution in [0, 0.1) is 6.92 Å². The monoisotopic (exact) mass is 492 g/mol. The molecule has 0 spiro atoms. The molecule has 11 nitrogen and oxygen atoms in total. The molecule has 4 aromatic rings. The second-order valence-electron chi connectivity index (χ2n) is 9.19. The lowest BCUT2D eigenvalue weighted by atomic mass is 9.93. The van der Waals surface area contributed by atoms with Crippen LogP contribution in [0.4, 0.5) is 5.82 Å². The Morgan fingerprint density at radius 1 is 1.19 bits per heavy atom. The Balaban J connectivity index is 1.40. The number of aryl methyl sites for hydroxylation is 1. The van der Waals surface area contributed by atoms with E-state index in [4.69, 9.17) is 14.9 Å². The second-order valence-corrected chi connectivity index (χ2v) is 9.19. The molecular formula is C25H32N8O3. The van der Waals surface area contributed by atoms with Crippen molar-refractivity contribution in [2.75, 3.05) is 18.5 Å². The quantitative estimate of drug-likeness (QED) is 0.322. The van der Waals surface area contributed by atoms with Gasteiger partial charge in [0.1, 0.15) is 23.4 Å². The van der Waals surface area contributed by atoms with Gasteiger partial charge in [-0.25, -0.2) is 9.97 Å². The summed E-state index contributed by atoms with van der Waals surface area (Å²) in [5, 5.41) is 32.6. The maximum atomic E-state index is 9.78. The highest BCUT2D eigenvalue weighted by molar-refractivity contribution is 5.93. The van der Waals surface area contributed by atoms with Crippen LogP contribution < -0.4 is 10.1 Å². The summed E-state index contributed by atoms with van der Waals surface area (Å²) in [6.45, 7) is 4.59. The van der Waals surface area contributed by atoms with Crippen LogP contribution >= 0.6 is 0 Å². The van der Waals surface area contributed by atoms with Gasteiger partial charge < -0.3 is 20.3 Å². The van der Waals surface area contributed by atoms with Gasteiger partial charge in [-0.2, -0.15) is 15.2 Å². The van der Waals surface area contributed by atoms with Crippen molar-refractivity contribution in [2.45, 2.75) is 64.3 Å². The molecule has 0 amide bonds. The van der Waals surface area contributed by atoms with Gasteiger partial charge in [0.05, 0.1) is 37.0 Å². The number of anilines is 1. The van der Waals surface area contributed by atoms with Crippen molar-refractivity contribution < 1.29 is 14.9 Å². The van der Waals surface area contributed by atoms with E-state index in [1.807, 2.05) is 26.2 Å². The number of aliphatic hydroxyl groups excluding tert-OH is 2. The summed E-state index contributed by atoms with van der Waals surface area (Å²) in [5.74, 6) is 2.15. The lowest BCUT2D eigenvalue weighted by Gasteiger charge is -2.29. The summed E-state index contributed by atoms with van der Waals surface area (Å²) in [6.07, 6.45) is 10.1. The number of nitrogens with one attached hydrogen (secondary N) is 1. The van der Waals surface area contributed by atoms with E-state index in [0.717, 1.165) is 60.2 Å². The molecule has 4 heterocycles. The molecule has 3 N–H and O–H groups in total. The molecule has 190 valence electrons. The molecule has 1 fully saturated rings. The first-order valence-electron chi connectivity index (χ1n) is 12.4. The Hall–Kier alpha value is -3.57. The van der Waals surface area contributed by atoms with Crippen LogP contribution in [0.5, 0.6) is 5.88 Å². The predicted molar refractivity (Wildman–Crippen MR) is 135 cm³/mol. The highest BCUT2D eigenvalue weighted by atomic mass is 16.5. The molecule has 5 rings (SSSR count). The SMILES string of the molecule is CCNc1cc2c(cn1)c(-c1cnn(C[C@@H](O)CO)c1)nn2C1CCC(Oc2ccnc(C)n2)CC1. The van der Waals surface area contributed by atoms with E-state index in [9.17, 15) is 5.11 Å². The molecule has 0 bridgehead atoms. The molecule has 0 aliphatic heterocycles. The molecule has 4 aromatic heterocycles. The van der Waals surface area contributed by atoms with Gasteiger partial charge in [0.2, 0.25) is 5.88 Å². The zero-order chi connectivity index (χ0) is 25.1. The average molecular weight is 493 g/mol. The third kappa shape index (κ3) is 5.17. The molecule has 1 atom stereocenters. The average Bonchev–Trinajstić information content (AvgIpc) is 3.49. The molecule has 0 saturated heterocycles. The molecule has 1 aliphatic carbocycles. The molecule has 11 heteroatoms. The number of rotatable bonds is 9. The molecule has 36 heavy (non-hydrogen) atoms. The highest BCUT2D eigenvalue weighted by Gasteiger charge is 2.27. The Bertz CT molecular complexity index is 1310. The fourth-order valence-corrected chi connectivity index (χ4v) is 4.74. The maximum Gasteiger partial charge on any atom is 0.216 e. The van der Waals surface area contributed by atoms with E-state index < -0.39 is 6.10 Å². The zero-order valence-corrected chi connectivity index (χ0v) is 20.6. The van der Waals surface area contributed by atoms with Crippen molar-refractivity contribution in [3.8, 4) is 17.1 Å². The summed E-state index contributed by atoms with van der Waals surface area (Å²) >= 11 is 0. The van der Waals surface area contributed by atoms with Crippen molar-refractivity contribution in [3.05, 3.63) is 42.7 Å². The second kappa shape index (κ2) is 10.6. The highest BCUT2D eigenvalue weighted by Crippen LogP contribution is 2.36. The number of hydrogen-bond donors (Lipinski definition) is 3. The van der Waals surface area contributed by atoms with E-state index >= 15 is 0 Å². The number of hydrogen-bond acceptors (Lipinski definition) is 9. The van der Waals surface area contributed by atoms with Crippen LogP contribution in [0.2, 0.25) is 0 Å². The minimum atomic E-state index is -0.861. The van der Waals surface area contributed by atoms with Crippen molar-refractivity contribution in [1.82, 2.24) is 34.5 Å². The first-order chi connectivity index (χ1) is 17.5. The van der Waals surface area contributed by atoms with E-state index in [1.165, 1.54) is 0 Å². The van der Waals surface area contributed by atoms with E-state index in [2.05, 4.69) is 36.1 Å². The van der Waals surface area contributed by atoms with Crippen LogP contribution in [0.3, 0.4) is 0 Å². The van der Waals surface area contributed by atoms with E-state index in [-0.39, 0.29) is 25.3 Å². The zero-order valence-electron chi connectivity index (χ0n) is 20.6. The Morgan fingerprint density at radius 3 is 2.78 bits per heavy atom. The fraction of sp³-hybridized carbons (Fsp3) is 0.480. The predicted octanol–water partition coefficient (Wildman–Crippen LogP) is 2.74. The number of ether oxygens (including phenoxy) is 1. The van der Waals surface area contributed by atoms with Crippen molar-refractivity contribution in [2.24, 2.45) is 0 Å². The van der Waals surface area contributed by atoms with Gasteiger partial charge in [-0.1, -0.05) is 0 Å². The number of fused-ring (bicyclic) bond motifs is 1. The van der Waals surface area contributed by atoms with Crippen molar-refractivity contribution in [1.29, 1.82) is 0 Å². The van der Waals surface area contributed by atoms with Gasteiger partial charge in [-0.3, -0.25) is 9.36 Å². The van der Waals surface area contributed by atoms with E-state index in [1.54, 1.807) is 23.1 Å². The Labute approximate surface area is 209 Å². The number of nitrogens with zero attached hydrogens (tertiary/aromatic N) is 7. The minimum absolute atomic E-state index is 0.118. The topological polar surface area (TPSA) is 136 Å².